The summed E-state index contributed by atoms with van der Waals surface area (Å²) in [6.07, 6.45) is 0. The molecule has 0 amide bonds. The molecular formula is C15H13FO4. The van der Waals surface area contributed by atoms with Crippen LogP contribution in [0.4, 0.5) is 4.39 Å². The molecule has 0 radical (unpaired) electrons. The highest BCUT2D eigenvalue weighted by atomic mass is 19.1. The van der Waals surface area contributed by atoms with Crippen LogP contribution in [0, 0.1) is 5.82 Å². The van der Waals surface area contributed by atoms with E-state index in [9.17, 15) is 9.18 Å². The molecule has 0 saturated carbocycles. The van der Waals surface area contributed by atoms with Crippen molar-refractivity contribution in [1.82, 2.24) is 0 Å². The van der Waals surface area contributed by atoms with E-state index in [1.165, 1.54) is 19.2 Å². The molecule has 0 spiro atoms. The van der Waals surface area contributed by atoms with Crippen LogP contribution in [-0.2, 0) is 4.79 Å². The Kier molecular flexibility index (Phi) is 4.20. The first-order valence-electron chi connectivity index (χ1n) is 5.88. The minimum atomic E-state index is -1.04. The molecule has 0 aliphatic rings. The second-order valence-corrected chi connectivity index (χ2v) is 4.05. The molecule has 2 rings (SSSR count). The van der Waals surface area contributed by atoms with Crippen molar-refractivity contribution in [3.05, 3.63) is 48.3 Å². The molecule has 0 heterocycles. The lowest BCUT2D eigenvalue weighted by atomic mass is 10.0. The average Bonchev–Trinajstić information content (AvgIpc) is 2.45. The minimum Gasteiger partial charge on any atom is -0.496 e. The lowest BCUT2D eigenvalue weighted by molar-refractivity contribution is -0.139. The van der Waals surface area contributed by atoms with E-state index in [4.69, 9.17) is 14.6 Å². The van der Waals surface area contributed by atoms with E-state index in [0.29, 0.717) is 17.1 Å². The number of aliphatic carboxylic acids is 1. The van der Waals surface area contributed by atoms with Gasteiger partial charge in [-0.2, -0.15) is 0 Å². The van der Waals surface area contributed by atoms with Gasteiger partial charge in [0.05, 0.1) is 7.11 Å². The smallest absolute Gasteiger partial charge is 0.341 e. The first-order valence-corrected chi connectivity index (χ1v) is 5.88. The summed E-state index contributed by atoms with van der Waals surface area (Å²) in [4.78, 5) is 10.4. The number of carboxylic acid groups (broad SMARTS) is 1. The number of benzene rings is 2. The van der Waals surface area contributed by atoms with E-state index in [0.717, 1.165) is 5.56 Å². The largest absolute Gasteiger partial charge is 0.496 e. The van der Waals surface area contributed by atoms with Gasteiger partial charge in [0.15, 0.2) is 6.61 Å². The van der Waals surface area contributed by atoms with Crippen LogP contribution in [0.5, 0.6) is 11.5 Å². The van der Waals surface area contributed by atoms with Crippen molar-refractivity contribution in [1.29, 1.82) is 0 Å². The molecule has 104 valence electrons. The fourth-order valence-corrected chi connectivity index (χ4v) is 1.78. The summed E-state index contributed by atoms with van der Waals surface area (Å²) in [6, 6.07) is 11.0. The van der Waals surface area contributed by atoms with Crippen molar-refractivity contribution >= 4 is 5.97 Å². The van der Waals surface area contributed by atoms with E-state index >= 15 is 0 Å². The van der Waals surface area contributed by atoms with E-state index < -0.39 is 12.6 Å². The molecule has 0 fully saturated rings. The van der Waals surface area contributed by atoms with Gasteiger partial charge in [-0.15, -0.1) is 0 Å². The van der Waals surface area contributed by atoms with Gasteiger partial charge in [0, 0.05) is 5.56 Å². The normalized spacial score (nSPS) is 10.1. The highest BCUT2D eigenvalue weighted by molar-refractivity contribution is 5.71. The molecule has 5 heteroatoms. The Morgan fingerprint density at radius 1 is 1.20 bits per heavy atom. The topological polar surface area (TPSA) is 55.8 Å². The van der Waals surface area contributed by atoms with Crippen LogP contribution in [0.3, 0.4) is 0 Å². The van der Waals surface area contributed by atoms with Crippen molar-refractivity contribution < 1.29 is 23.8 Å². The van der Waals surface area contributed by atoms with Crippen LogP contribution in [0.25, 0.3) is 11.1 Å². The lowest BCUT2D eigenvalue weighted by Gasteiger charge is -2.09. The number of rotatable bonds is 5. The van der Waals surface area contributed by atoms with Crippen LogP contribution in [0.2, 0.25) is 0 Å². The fourth-order valence-electron chi connectivity index (χ4n) is 1.78. The molecule has 1 N–H and O–H groups in total. The average molecular weight is 276 g/mol. The lowest BCUT2D eigenvalue weighted by Crippen LogP contribution is -2.09. The van der Waals surface area contributed by atoms with Gasteiger partial charge >= 0.3 is 5.97 Å². The molecule has 0 bridgehead atoms. The Hall–Kier alpha value is -2.56. The summed E-state index contributed by atoms with van der Waals surface area (Å²) in [5.74, 6) is -0.398. The summed E-state index contributed by atoms with van der Waals surface area (Å²) in [5, 5.41) is 8.52. The van der Waals surface area contributed by atoms with E-state index in [1.807, 2.05) is 0 Å². The zero-order valence-corrected chi connectivity index (χ0v) is 10.8. The standard InChI is InChI=1S/C15H13FO4/c1-19-14-7-4-11(16)8-13(14)10-2-5-12(6-3-10)20-9-15(17)18/h2-8H,9H2,1H3,(H,17,18). The highest BCUT2D eigenvalue weighted by Crippen LogP contribution is 2.31. The van der Waals surface area contributed by atoms with Gasteiger partial charge < -0.3 is 14.6 Å². The second kappa shape index (κ2) is 6.06. The van der Waals surface area contributed by atoms with Crippen molar-refractivity contribution in [2.24, 2.45) is 0 Å². The molecule has 0 aliphatic carbocycles. The highest BCUT2D eigenvalue weighted by Gasteiger charge is 2.08. The summed E-state index contributed by atoms with van der Waals surface area (Å²) in [6.45, 7) is -0.400. The van der Waals surface area contributed by atoms with E-state index in [1.54, 1.807) is 30.3 Å². The molecule has 0 saturated heterocycles. The molecule has 0 aliphatic heterocycles. The Bertz CT molecular complexity index is 608. The van der Waals surface area contributed by atoms with Gasteiger partial charge in [-0.3, -0.25) is 0 Å². The maximum absolute atomic E-state index is 13.3. The Morgan fingerprint density at radius 2 is 1.90 bits per heavy atom. The molecule has 0 aromatic heterocycles. The molecule has 20 heavy (non-hydrogen) atoms. The molecule has 4 nitrogen and oxygen atoms in total. The predicted molar refractivity (Wildman–Crippen MR) is 71.5 cm³/mol. The predicted octanol–water partition coefficient (Wildman–Crippen LogP) is 2.96. The summed E-state index contributed by atoms with van der Waals surface area (Å²) >= 11 is 0. The van der Waals surface area contributed by atoms with Crippen LogP contribution < -0.4 is 9.47 Å². The van der Waals surface area contributed by atoms with Gasteiger partial charge in [-0.25, -0.2) is 9.18 Å². The third-order valence-corrected chi connectivity index (χ3v) is 2.69. The van der Waals surface area contributed by atoms with E-state index in [-0.39, 0.29) is 5.82 Å². The molecule has 0 unspecified atom stereocenters. The maximum atomic E-state index is 13.3. The van der Waals surface area contributed by atoms with Crippen LogP contribution in [-0.4, -0.2) is 24.8 Å². The number of halogens is 1. The van der Waals surface area contributed by atoms with Gasteiger partial charge in [-0.05, 0) is 35.9 Å². The third kappa shape index (κ3) is 3.26. The molecule has 0 atom stereocenters. The molecular weight excluding hydrogens is 263 g/mol. The number of methoxy groups -OCH3 is 1. The van der Waals surface area contributed by atoms with Gasteiger partial charge in [0.25, 0.3) is 0 Å². The van der Waals surface area contributed by atoms with Crippen LogP contribution >= 0.6 is 0 Å². The molecule has 2 aromatic carbocycles. The summed E-state index contributed by atoms with van der Waals surface area (Å²) in [5.41, 5.74) is 1.38. The van der Waals surface area contributed by atoms with Gasteiger partial charge in [-0.1, -0.05) is 12.1 Å². The van der Waals surface area contributed by atoms with Crippen molar-refractivity contribution in [2.45, 2.75) is 0 Å². The third-order valence-electron chi connectivity index (χ3n) is 2.69. The number of hydrogen-bond acceptors (Lipinski definition) is 3. The minimum absolute atomic E-state index is 0.355. The summed E-state index contributed by atoms with van der Waals surface area (Å²) < 4.78 is 23.5. The number of hydrogen-bond donors (Lipinski definition) is 1. The van der Waals surface area contributed by atoms with Gasteiger partial charge in [0.2, 0.25) is 0 Å². The zero-order chi connectivity index (χ0) is 14.5. The fraction of sp³-hybridized carbons (Fsp3) is 0.133. The van der Waals surface area contributed by atoms with Crippen molar-refractivity contribution in [2.75, 3.05) is 13.7 Å². The van der Waals surface area contributed by atoms with Crippen LogP contribution in [0.15, 0.2) is 42.5 Å². The van der Waals surface area contributed by atoms with Crippen LogP contribution in [0.1, 0.15) is 0 Å². The Balaban J connectivity index is 2.25. The number of ether oxygens (including phenoxy) is 2. The Labute approximate surface area is 115 Å². The molecule has 2 aromatic rings. The van der Waals surface area contributed by atoms with E-state index in [2.05, 4.69) is 0 Å². The van der Waals surface area contributed by atoms with Gasteiger partial charge in [0.1, 0.15) is 17.3 Å². The maximum Gasteiger partial charge on any atom is 0.341 e. The first kappa shape index (κ1) is 13.9. The van der Waals surface area contributed by atoms with Crippen molar-refractivity contribution in [3.8, 4) is 22.6 Å². The monoisotopic (exact) mass is 276 g/mol. The van der Waals surface area contributed by atoms with Crippen molar-refractivity contribution in [3.63, 3.8) is 0 Å². The SMILES string of the molecule is COc1ccc(F)cc1-c1ccc(OCC(=O)O)cc1. The first-order chi connectivity index (χ1) is 9.60. The summed E-state index contributed by atoms with van der Waals surface area (Å²) in [7, 11) is 1.51. The second-order valence-electron chi connectivity index (χ2n) is 4.05. The quantitative estimate of drug-likeness (QED) is 0.912. The Morgan fingerprint density at radius 3 is 2.50 bits per heavy atom. The number of carbonyl (C=O) groups is 1. The zero-order valence-electron chi connectivity index (χ0n) is 10.8. The number of carboxylic acids is 1.